The molecule has 0 spiro atoms. The molecule has 0 saturated carbocycles. The molecule has 0 fully saturated rings. The Bertz CT molecular complexity index is 181. The van der Waals surface area contributed by atoms with E-state index in [4.69, 9.17) is 4.74 Å². The van der Waals surface area contributed by atoms with E-state index >= 15 is 0 Å². The molecule has 0 aliphatic carbocycles. The van der Waals surface area contributed by atoms with Gasteiger partial charge in [0.25, 0.3) is 0 Å². The fourth-order valence-corrected chi connectivity index (χ4v) is 1.57. The van der Waals surface area contributed by atoms with Crippen LogP contribution in [-0.2, 0) is 9.53 Å². The maximum Gasteiger partial charge on any atom is 0.219 e. The Morgan fingerprint density at radius 3 is 2.44 bits per heavy atom. The van der Waals surface area contributed by atoms with E-state index < -0.39 is 0 Å². The Labute approximate surface area is 100 Å². The Kier molecular flexibility index (Phi) is 9.30. The number of carbonyl (C=O) groups excluding carboxylic acids is 1. The van der Waals surface area contributed by atoms with Crippen molar-refractivity contribution in [3.05, 3.63) is 0 Å². The molecule has 0 radical (unpaired) electrons. The van der Waals surface area contributed by atoms with E-state index in [9.17, 15) is 4.79 Å². The molecular weight excluding hydrogens is 202 g/mol. The van der Waals surface area contributed by atoms with E-state index in [0.717, 1.165) is 32.0 Å². The normalized spacial score (nSPS) is 10.8. The lowest BCUT2D eigenvalue weighted by molar-refractivity contribution is -0.129. The first kappa shape index (κ1) is 15.4. The Balaban J connectivity index is 3.29. The average molecular weight is 229 g/mol. The second-order valence-electron chi connectivity index (χ2n) is 4.60. The molecule has 0 rings (SSSR count). The van der Waals surface area contributed by atoms with Crippen molar-refractivity contribution < 1.29 is 9.53 Å². The van der Waals surface area contributed by atoms with Gasteiger partial charge in [-0.2, -0.15) is 0 Å². The Morgan fingerprint density at radius 1 is 1.25 bits per heavy atom. The molecule has 16 heavy (non-hydrogen) atoms. The number of hydrogen-bond donors (Lipinski definition) is 0. The third-order valence-corrected chi connectivity index (χ3v) is 2.65. The molecule has 0 aromatic rings. The minimum atomic E-state index is 0.130. The van der Waals surface area contributed by atoms with Crippen molar-refractivity contribution in [3.63, 3.8) is 0 Å². The van der Waals surface area contributed by atoms with Gasteiger partial charge in [0.2, 0.25) is 5.91 Å². The van der Waals surface area contributed by atoms with Crippen molar-refractivity contribution >= 4 is 5.91 Å². The number of rotatable bonds is 9. The summed E-state index contributed by atoms with van der Waals surface area (Å²) in [6, 6.07) is 0. The summed E-state index contributed by atoms with van der Waals surface area (Å²) in [6.07, 6.45) is 3.64. The van der Waals surface area contributed by atoms with Gasteiger partial charge in [0.1, 0.15) is 0 Å². The third kappa shape index (κ3) is 8.72. The quantitative estimate of drug-likeness (QED) is 0.569. The number of hydrogen-bond acceptors (Lipinski definition) is 2. The van der Waals surface area contributed by atoms with Crippen LogP contribution in [0.5, 0.6) is 0 Å². The fraction of sp³-hybridized carbons (Fsp3) is 0.923. The second-order valence-corrected chi connectivity index (χ2v) is 4.60. The van der Waals surface area contributed by atoms with E-state index in [0.29, 0.717) is 6.61 Å². The molecule has 3 nitrogen and oxygen atoms in total. The van der Waals surface area contributed by atoms with Crippen LogP contribution in [0.3, 0.4) is 0 Å². The predicted octanol–water partition coefficient (Wildman–Crippen LogP) is 2.70. The standard InChI is InChI=1S/C13H27NO2/c1-5-14(13(4)15)9-11-16-10-7-6-8-12(2)3/h12H,5-11H2,1-4H3. The summed E-state index contributed by atoms with van der Waals surface area (Å²) in [5.74, 6) is 0.916. The van der Waals surface area contributed by atoms with Crippen LogP contribution < -0.4 is 0 Å². The van der Waals surface area contributed by atoms with Crippen molar-refractivity contribution in [3.8, 4) is 0 Å². The van der Waals surface area contributed by atoms with Crippen LogP contribution in [0.15, 0.2) is 0 Å². The van der Waals surface area contributed by atoms with E-state index in [2.05, 4.69) is 13.8 Å². The van der Waals surface area contributed by atoms with Crippen molar-refractivity contribution in [2.45, 2.75) is 47.0 Å². The number of ether oxygens (including phenoxy) is 1. The van der Waals surface area contributed by atoms with Gasteiger partial charge >= 0.3 is 0 Å². The smallest absolute Gasteiger partial charge is 0.219 e. The average Bonchev–Trinajstić information content (AvgIpc) is 2.21. The minimum absolute atomic E-state index is 0.130. The number of carbonyl (C=O) groups is 1. The first-order valence-corrected chi connectivity index (χ1v) is 6.41. The molecule has 0 saturated heterocycles. The van der Waals surface area contributed by atoms with Crippen molar-refractivity contribution in [1.82, 2.24) is 4.90 Å². The molecule has 0 atom stereocenters. The van der Waals surface area contributed by atoms with Gasteiger partial charge in [-0.3, -0.25) is 4.79 Å². The lowest BCUT2D eigenvalue weighted by Crippen LogP contribution is -2.31. The predicted molar refractivity (Wildman–Crippen MR) is 67.4 cm³/mol. The Morgan fingerprint density at radius 2 is 1.94 bits per heavy atom. The molecule has 0 aromatic carbocycles. The first-order valence-electron chi connectivity index (χ1n) is 6.41. The summed E-state index contributed by atoms with van der Waals surface area (Å²) in [5.41, 5.74) is 0. The van der Waals surface area contributed by atoms with Gasteiger partial charge in [0.05, 0.1) is 6.61 Å². The van der Waals surface area contributed by atoms with E-state index in [1.807, 2.05) is 6.92 Å². The Hall–Kier alpha value is -0.570. The topological polar surface area (TPSA) is 29.5 Å². The van der Waals surface area contributed by atoms with E-state index in [1.54, 1.807) is 11.8 Å². The summed E-state index contributed by atoms with van der Waals surface area (Å²) in [6.45, 7) is 11.1. The SMILES string of the molecule is CCN(CCOCCCCC(C)C)C(C)=O. The van der Waals surface area contributed by atoms with Crippen molar-refractivity contribution in [2.24, 2.45) is 5.92 Å². The molecule has 0 aliphatic rings. The summed E-state index contributed by atoms with van der Waals surface area (Å²) in [7, 11) is 0. The van der Waals surface area contributed by atoms with Crippen molar-refractivity contribution in [1.29, 1.82) is 0 Å². The largest absolute Gasteiger partial charge is 0.380 e. The molecule has 0 aromatic heterocycles. The third-order valence-electron chi connectivity index (χ3n) is 2.65. The molecule has 0 heterocycles. The van der Waals surface area contributed by atoms with E-state index in [1.165, 1.54) is 12.8 Å². The maximum atomic E-state index is 11.1. The van der Waals surface area contributed by atoms with Crippen LogP contribution in [0.1, 0.15) is 47.0 Å². The highest BCUT2D eigenvalue weighted by atomic mass is 16.5. The molecule has 96 valence electrons. The lowest BCUT2D eigenvalue weighted by Gasteiger charge is -2.18. The van der Waals surface area contributed by atoms with Crippen LogP contribution in [0.4, 0.5) is 0 Å². The number of unbranched alkanes of at least 4 members (excludes halogenated alkanes) is 1. The van der Waals surface area contributed by atoms with Gasteiger partial charge in [0.15, 0.2) is 0 Å². The van der Waals surface area contributed by atoms with Crippen LogP contribution >= 0.6 is 0 Å². The van der Waals surface area contributed by atoms with Crippen LogP contribution in [-0.4, -0.2) is 37.1 Å². The van der Waals surface area contributed by atoms with E-state index in [-0.39, 0.29) is 5.91 Å². The second kappa shape index (κ2) is 9.64. The number of likely N-dealkylation sites (N-methyl/N-ethyl adjacent to an activating group) is 1. The van der Waals surface area contributed by atoms with Gasteiger partial charge in [-0.25, -0.2) is 0 Å². The molecule has 0 unspecified atom stereocenters. The van der Waals surface area contributed by atoms with Gasteiger partial charge in [-0.15, -0.1) is 0 Å². The minimum Gasteiger partial charge on any atom is -0.380 e. The highest BCUT2D eigenvalue weighted by molar-refractivity contribution is 5.73. The molecule has 0 bridgehead atoms. The zero-order valence-electron chi connectivity index (χ0n) is 11.3. The highest BCUT2D eigenvalue weighted by Gasteiger charge is 2.04. The van der Waals surface area contributed by atoms with Gasteiger partial charge in [-0.05, 0) is 19.3 Å². The maximum absolute atomic E-state index is 11.1. The molecule has 3 heteroatoms. The summed E-state index contributed by atoms with van der Waals surface area (Å²) < 4.78 is 5.50. The van der Waals surface area contributed by atoms with Gasteiger partial charge in [-0.1, -0.05) is 26.7 Å². The molecular formula is C13H27NO2. The summed E-state index contributed by atoms with van der Waals surface area (Å²) >= 11 is 0. The van der Waals surface area contributed by atoms with Gasteiger partial charge in [0, 0.05) is 26.6 Å². The fourth-order valence-electron chi connectivity index (χ4n) is 1.57. The van der Waals surface area contributed by atoms with Gasteiger partial charge < -0.3 is 9.64 Å². The zero-order chi connectivity index (χ0) is 12.4. The number of amides is 1. The molecule has 1 amide bonds. The first-order chi connectivity index (χ1) is 7.57. The summed E-state index contributed by atoms with van der Waals surface area (Å²) in [4.78, 5) is 12.9. The highest BCUT2D eigenvalue weighted by Crippen LogP contribution is 2.05. The summed E-state index contributed by atoms with van der Waals surface area (Å²) in [5, 5.41) is 0. The van der Waals surface area contributed by atoms with Crippen LogP contribution in [0.2, 0.25) is 0 Å². The van der Waals surface area contributed by atoms with Crippen LogP contribution in [0.25, 0.3) is 0 Å². The molecule has 0 aliphatic heterocycles. The lowest BCUT2D eigenvalue weighted by atomic mass is 10.1. The number of nitrogens with zero attached hydrogens (tertiary/aromatic N) is 1. The monoisotopic (exact) mass is 229 g/mol. The molecule has 0 N–H and O–H groups in total. The zero-order valence-corrected chi connectivity index (χ0v) is 11.3. The van der Waals surface area contributed by atoms with Crippen LogP contribution in [0, 0.1) is 5.92 Å². The van der Waals surface area contributed by atoms with Crippen molar-refractivity contribution in [2.75, 3.05) is 26.3 Å².